The van der Waals surface area contributed by atoms with Crippen molar-refractivity contribution in [2.45, 2.75) is 30.4 Å². The number of ether oxygens (including phenoxy) is 1. The van der Waals surface area contributed by atoms with E-state index in [0.29, 0.717) is 0 Å². The highest BCUT2D eigenvalue weighted by Gasteiger charge is 2.35. The summed E-state index contributed by atoms with van der Waals surface area (Å²) >= 11 is 0. The van der Waals surface area contributed by atoms with E-state index < -0.39 is 30.4 Å². The molecule has 0 fully saturated rings. The van der Waals surface area contributed by atoms with Crippen LogP contribution in [0.3, 0.4) is 0 Å². The molecular weight excluding hydrogens is 172 g/mol. The van der Waals surface area contributed by atoms with Crippen molar-refractivity contribution in [3.05, 3.63) is 12.2 Å². The number of aliphatic hydroxyl groups excluding tert-OH is 2. The third-order valence-electron chi connectivity index (χ3n) is 2.29. The van der Waals surface area contributed by atoms with Crippen molar-refractivity contribution in [1.82, 2.24) is 0 Å². The first kappa shape index (κ1) is 10.6. The molecule has 1 unspecified atom stereocenters. The number of rotatable bonds is 1. The van der Waals surface area contributed by atoms with Gasteiger partial charge in [0.2, 0.25) is 0 Å². The lowest BCUT2D eigenvalue weighted by atomic mass is 10.0. The van der Waals surface area contributed by atoms with Crippen molar-refractivity contribution >= 4 is 0 Å². The van der Waals surface area contributed by atoms with E-state index in [-0.39, 0.29) is 0 Å². The lowest BCUT2D eigenvalue weighted by molar-refractivity contribution is -0.0848. The van der Waals surface area contributed by atoms with E-state index in [1.165, 1.54) is 7.11 Å². The molecule has 0 amide bonds. The van der Waals surface area contributed by atoms with Gasteiger partial charge in [-0.15, -0.1) is 0 Å². The largest absolute Gasteiger partial charge is 0.388 e. The van der Waals surface area contributed by atoms with E-state index in [0.717, 1.165) is 0 Å². The van der Waals surface area contributed by atoms with Crippen LogP contribution in [0, 0.1) is 0 Å². The van der Waals surface area contributed by atoms with Crippen LogP contribution in [0.4, 0.5) is 0 Å². The highest BCUT2D eigenvalue weighted by atomic mass is 16.5. The molecule has 1 aliphatic rings. The minimum atomic E-state index is -0.926. The minimum absolute atomic E-state index is 0.548. The smallest absolute Gasteiger partial charge is 0.112 e. The quantitative estimate of drug-likeness (QED) is 0.355. The molecule has 0 heterocycles. The van der Waals surface area contributed by atoms with Gasteiger partial charge in [-0.1, -0.05) is 12.2 Å². The molecule has 5 heteroatoms. The molecule has 76 valence electrons. The van der Waals surface area contributed by atoms with Gasteiger partial charge >= 0.3 is 0 Å². The van der Waals surface area contributed by atoms with Crippen LogP contribution in [0.15, 0.2) is 12.2 Å². The maximum Gasteiger partial charge on any atom is 0.112 e. The Balaban J connectivity index is 2.82. The molecule has 1 rings (SSSR count). The van der Waals surface area contributed by atoms with E-state index in [9.17, 15) is 10.2 Å². The SMILES string of the molecule is COC1[C@@H](O)[C@H](N)C=C[C@H](N)[C@H]1O. The Kier molecular flexibility index (Phi) is 3.40. The van der Waals surface area contributed by atoms with Crippen molar-refractivity contribution in [2.75, 3.05) is 7.11 Å². The summed E-state index contributed by atoms with van der Waals surface area (Å²) in [5, 5.41) is 19.2. The third kappa shape index (κ3) is 2.07. The summed E-state index contributed by atoms with van der Waals surface area (Å²) in [7, 11) is 1.40. The predicted molar refractivity (Wildman–Crippen MR) is 47.9 cm³/mol. The highest BCUT2D eigenvalue weighted by Crippen LogP contribution is 2.14. The summed E-state index contributed by atoms with van der Waals surface area (Å²) in [5.74, 6) is 0. The first-order chi connectivity index (χ1) is 6.07. The first-order valence-corrected chi connectivity index (χ1v) is 4.16. The van der Waals surface area contributed by atoms with E-state index in [1.807, 2.05) is 0 Å². The Morgan fingerprint density at radius 1 is 1.08 bits per heavy atom. The van der Waals surface area contributed by atoms with E-state index in [4.69, 9.17) is 16.2 Å². The van der Waals surface area contributed by atoms with Crippen molar-refractivity contribution in [1.29, 1.82) is 0 Å². The van der Waals surface area contributed by atoms with E-state index >= 15 is 0 Å². The molecule has 0 aromatic carbocycles. The summed E-state index contributed by atoms with van der Waals surface area (Å²) in [6, 6.07) is -1.10. The molecule has 0 aromatic rings. The van der Waals surface area contributed by atoms with Crippen LogP contribution in [0.5, 0.6) is 0 Å². The highest BCUT2D eigenvalue weighted by molar-refractivity contribution is 5.10. The molecule has 1 aliphatic carbocycles. The number of hydrogen-bond acceptors (Lipinski definition) is 5. The molecule has 13 heavy (non-hydrogen) atoms. The second-order valence-corrected chi connectivity index (χ2v) is 3.22. The fourth-order valence-electron chi connectivity index (χ4n) is 1.40. The number of aliphatic hydroxyl groups is 2. The number of nitrogens with two attached hydrogens (primary N) is 2. The molecular formula is C8H16N2O3. The lowest BCUT2D eigenvalue weighted by Crippen LogP contribution is -2.51. The Morgan fingerprint density at radius 2 is 1.46 bits per heavy atom. The summed E-state index contributed by atoms with van der Waals surface area (Å²) in [6.07, 6.45) is 0.574. The van der Waals surface area contributed by atoms with Crippen molar-refractivity contribution in [2.24, 2.45) is 11.5 Å². The van der Waals surface area contributed by atoms with Gasteiger partial charge in [0.15, 0.2) is 0 Å². The Hall–Kier alpha value is -0.460. The first-order valence-electron chi connectivity index (χ1n) is 4.16. The van der Waals surface area contributed by atoms with Gasteiger partial charge in [0.25, 0.3) is 0 Å². The van der Waals surface area contributed by atoms with Crippen molar-refractivity contribution in [3.8, 4) is 0 Å². The topological polar surface area (TPSA) is 102 Å². The van der Waals surface area contributed by atoms with Gasteiger partial charge in [-0.05, 0) is 0 Å². The monoisotopic (exact) mass is 188 g/mol. The van der Waals surface area contributed by atoms with Crippen LogP contribution in [-0.4, -0.2) is 47.7 Å². The maximum atomic E-state index is 9.59. The summed E-state index contributed by atoms with van der Waals surface area (Å²) in [4.78, 5) is 0. The van der Waals surface area contributed by atoms with Crippen LogP contribution in [0.25, 0.3) is 0 Å². The van der Waals surface area contributed by atoms with Gasteiger partial charge in [0.1, 0.15) is 18.3 Å². The van der Waals surface area contributed by atoms with Crippen molar-refractivity contribution in [3.63, 3.8) is 0 Å². The average Bonchev–Trinajstić information content (AvgIpc) is 2.20. The molecule has 5 nitrogen and oxygen atoms in total. The van der Waals surface area contributed by atoms with Gasteiger partial charge in [0.05, 0.1) is 12.1 Å². The molecule has 0 saturated carbocycles. The fourth-order valence-corrected chi connectivity index (χ4v) is 1.40. The molecule has 5 atom stereocenters. The molecule has 0 aliphatic heterocycles. The lowest BCUT2D eigenvalue weighted by Gasteiger charge is -2.28. The zero-order valence-corrected chi connectivity index (χ0v) is 7.50. The van der Waals surface area contributed by atoms with Crippen LogP contribution in [-0.2, 0) is 4.74 Å². The van der Waals surface area contributed by atoms with Crippen LogP contribution >= 0.6 is 0 Å². The minimum Gasteiger partial charge on any atom is -0.388 e. The molecule has 6 N–H and O–H groups in total. The molecule has 0 spiro atoms. The second kappa shape index (κ2) is 4.17. The Labute approximate surface area is 77.0 Å². The standard InChI is InChI=1S/C8H16N2O3/c1-13-8-6(11)4(9)2-3-5(10)7(8)12/h2-8,11-12H,9-10H2,1H3/t4-,5+,6+,7-,8?. The van der Waals surface area contributed by atoms with Gasteiger partial charge < -0.3 is 26.4 Å². The van der Waals surface area contributed by atoms with Crippen molar-refractivity contribution < 1.29 is 14.9 Å². The Morgan fingerprint density at radius 3 is 1.77 bits per heavy atom. The van der Waals surface area contributed by atoms with Crippen LogP contribution in [0.1, 0.15) is 0 Å². The van der Waals surface area contributed by atoms with Gasteiger partial charge in [0, 0.05) is 7.11 Å². The molecule has 0 aromatic heterocycles. The van der Waals surface area contributed by atoms with Gasteiger partial charge in [-0.25, -0.2) is 0 Å². The van der Waals surface area contributed by atoms with Gasteiger partial charge in [-0.3, -0.25) is 0 Å². The number of methoxy groups -OCH3 is 1. The predicted octanol–water partition coefficient (Wildman–Crippen LogP) is -2.05. The summed E-state index contributed by atoms with van der Waals surface area (Å²) in [5.41, 5.74) is 11.2. The second-order valence-electron chi connectivity index (χ2n) is 3.22. The number of hydrogen-bond donors (Lipinski definition) is 4. The summed E-state index contributed by atoms with van der Waals surface area (Å²) < 4.78 is 4.94. The zero-order valence-electron chi connectivity index (χ0n) is 7.50. The molecule has 0 radical (unpaired) electrons. The normalized spacial score (nSPS) is 46.1. The third-order valence-corrected chi connectivity index (χ3v) is 2.29. The summed E-state index contributed by atoms with van der Waals surface area (Å²) in [6.45, 7) is 0. The van der Waals surface area contributed by atoms with Crippen LogP contribution in [0.2, 0.25) is 0 Å². The zero-order chi connectivity index (χ0) is 10.0. The molecule has 0 saturated heterocycles. The van der Waals surface area contributed by atoms with E-state index in [2.05, 4.69) is 0 Å². The van der Waals surface area contributed by atoms with E-state index in [1.54, 1.807) is 12.2 Å². The Bertz CT molecular complexity index is 180. The fraction of sp³-hybridized carbons (Fsp3) is 0.750. The molecule has 0 bridgehead atoms. The maximum absolute atomic E-state index is 9.59. The average molecular weight is 188 g/mol. The van der Waals surface area contributed by atoms with Crippen LogP contribution < -0.4 is 11.5 Å². The van der Waals surface area contributed by atoms with Gasteiger partial charge in [-0.2, -0.15) is 0 Å².